The summed E-state index contributed by atoms with van der Waals surface area (Å²) < 4.78 is 0. The van der Waals surface area contributed by atoms with Crippen molar-refractivity contribution in [2.45, 2.75) is 52.0 Å². The van der Waals surface area contributed by atoms with Crippen LogP contribution in [-0.4, -0.2) is 23.4 Å². The van der Waals surface area contributed by atoms with Crippen LogP contribution in [0.1, 0.15) is 46.0 Å². The maximum absolute atomic E-state index is 11.7. The predicted octanol–water partition coefficient (Wildman–Crippen LogP) is 2.19. The average molecular weight is 181 g/mol. The summed E-state index contributed by atoms with van der Waals surface area (Å²) in [6.07, 6.45) is 6.05. The van der Waals surface area contributed by atoms with Gasteiger partial charge in [-0.15, -0.1) is 0 Å². The number of rotatable bonds is 1. The van der Waals surface area contributed by atoms with Crippen LogP contribution in [-0.2, 0) is 4.79 Å². The first kappa shape index (κ1) is 9.04. The number of likely N-dealkylation sites (tertiary alicyclic amines) is 1. The Balaban J connectivity index is 2.09. The molecule has 0 aromatic carbocycles. The van der Waals surface area contributed by atoms with E-state index in [1.165, 1.54) is 25.7 Å². The van der Waals surface area contributed by atoms with Gasteiger partial charge in [-0.25, -0.2) is 0 Å². The molecule has 2 nitrogen and oxygen atoms in total. The highest BCUT2D eigenvalue weighted by atomic mass is 16.2. The van der Waals surface area contributed by atoms with Crippen LogP contribution in [0.5, 0.6) is 0 Å². The van der Waals surface area contributed by atoms with E-state index in [1.807, 2.05) is 0 Å². The Bertz CT molecular complexity index is 216. The van der Waals surface area contributed by atoms with Crippen LogP contribution in [0.4, 0.5) is 0 Å². The first-order chi connectivity index (χ1) is 6.13. The van der Waals surface area contributed by atoms with E-state index in [2.05, 4.69) is 18.7 Å². The van der Waals surface area contributed by atoms with Gasteiger partial charge in [0.15, 0.2) is 0 Å². The molecule has 13 heavy (non-hydrogen) atoms. The van der Waals surface area contributed by atoms with Gasteiger partial charge in [-0.3, -0.25) is 4.79 Å². The monoisotopic (exact) mass is 181 g/mol. The minimum atomic E-state index is 0.386. The highest BCUT2D eigenvalue weighted by Crippen LogP contribution is 2.46. The van der Waals surface area contributed by atoms with Crippen LogP contribution in [0.3, 0.4) is 0 Å². The standard InChI is InChI=1S/C11H19NO/c1-9(2)12-8-11(7-10(12)13)5-3-4-6-11/h9H,3-8H2,1-2H3. The Labute approximate surface area is 80.3 Å². The maximum atomic E-state index is 11.7. The quantitative estimate of drug-likeness (QED) is 0.607. The Hall–Kier alpha value is -0.530. The second kappa shape index (κ2) is 3.00. The normalized spacial score (nSPS) is 26.7. The van der Waals surface area contributed by atoms with E-state index in [4.69, 9.17) is 0 Å². The van der Waals surface area contributed by atoms with Crippen LogP contribution >= 0.6 is 0 Å². The van der Waals surface area contributed by atoms with Crippen LogP contribution < -0.4 is 0 Å². The molecule has 0 N–H and O–H groups in total. The molecular formula is C11H19NO. The summed E-state index contributed by atoms with van der Waals surface area (Å²) in [5.41, 5.74) is 0.390. The van der Waals surface area contributed by atoms with Crippen LogP contribution in [0.2, 0.25) is 0 Å². The van der Waals surface area contributed by atoms with E-state index in [1.54, 1.807) is 0 Å². The lowest BCUT2D eigenvalue weighted by atomic mass is 9.85. The largest absolute Gasteiger partial charge is 0.340 e. The first-order valence-corrected chi connectivity index (χ1v) is 5.42. The van der Waals surface area contributed by atoms with Gasteiger partial charge in [0.1, 0.15) is 0 Å². The summed E-state index contributed by atoms with van der Waals surface area (Å²) in [5.74, 6) is 0.386. The highest BCUT2D eigenvalue weighted by molar-refractivity contribution is 5.79. The van der Waals surface area contributed by atoms with Crippen molar-refractivity contribution in [2.24, 2.45) is 5.41 Å². The summed E-state index contributed by atoms with van der Waals surface area (Å²) in [6, 6.07) is 0.396. The molecule has 1 aliphatic heterocycles. The van der Waals surface area contributed by atoms with E-state index >= 15 is 0 Å². The summed E-state index contributed by atoms with van der Waals surface area (Å²) in [7, 11) is 0. The number of carbonyl (C=O) groups excluding carboxylic acids is 1. The van der Waals surface area contributed by atoms with E-state index in [0.717, 1.165) is 13.0 Å². The van der Waals surface area contributed by atoms with Crippen molar-refractivity contribution >= 4 is 5.91 Å². The van der Waals surface area contributed by atoms with Crippen molar-refractivity contribution in [1.82, 2.24) is 4.90 Å². The van der Waals surface area contributed by atoms with Crippen molar-refractivity contribution in [3.63, 3.8) is 0 Å². The number of carbonyl (C=O) groups is 1. The second-order valence-corrected chi connectivity index (χ2v) is 5.00. The third kappa shape index (κ3) is 1.47. The van der Waals surface area contributed by atoms with Crippen molar-refractivity contribution in [2.75, 3.05) is 6.54 Å². The molecule has 0 aromatic heterocycles. The molecule has 1 heterocycles. The van der Waals surface area contributed by atoms with Crippen LogP contribution in [0, 0.1) is 5.41 Å². The second-order valence-electron chi connectivity index (χ2n) is 5.00. The molecule has 0 unspecified atom stereocenters. The number of amides is 1. The molecule has 1 amide bonds. The van der Waals surface area contributed by atoms with E-state index < -0.39 is 0 Å². The Morgan fingerprint density at radius 2 is 1.92 bits per heavy atom. The zero-order valence-corrected chi connectivity index (χ0v) is 8.68. The molecule has 1 spiro atoms. The van der Waals surface area contributed by atoms with Gasteiger partial charge >= 0.3 is 0 Å². The van der Waals surface area contributed by atoms with Crippen LogP contribution in [0.25, 0.3) is 0 Å². The molecule has 74 valence electrons. The average Bonchev–Trinajstić information content (AvgIpc) is 2.60. The summed E-state index contributed by atoms with van der Waals surface area (Å²) >= 11 is 0. The van der Waals surface area contributed by atoms with Gasteiger partial charge < -0.3 is 4.90 Å². The SMILES string of the molecule is CC(C)N1CC2(CCCC2)CC1=O. The number of hydrogen-bond donors (Lipinski definition) is 0. The zero-order valence-electron chi connectivity index (χ0n) is 8.68. The highest BCUT2D eigenvalue weighted by Gasteiger charge is 2.45. The fourth-order valence-corrected chi connectivity index (χ4v) is 2.86. The molecule has 1 saturated carbocycles. The summed E-state index contributed by atoms with van der Waals surface area (Å²) in [5, 5.41) is 0. The Kier molecular flexibility index (Phi) is 2.09. The summed E-state index contributed by atoms with van der Waals surface area (Å²) in [4.78, 5) is 13.8. The van der Waals surface area contributed by atoms with Gasteiger partial charge in [0.05, 0.1) is 0 Å². The lowest BCUT2D eigenvalue weighted by Crippen LogP contribution is -2.33. The van der Waals surface area contributed by atoms with Gasteiger partial charge in [0.2, 0.25) is 5.91 Å². The molecule has 2 rings (SSSR count). The molecule has 2 heteroatoms. The third-order valence-corrected chi connectivity index (χ3v) is 3.64. The lowest BCUT2D eigenvalue weighted by Gasteiger charge is -2.25. The van der Waals surface area contributed by atoms with Gasteiger partial charge in [-0.2, -0.15) is 0 Å². The van der Waals surface area contributed by atoms with E-state index in [-0.39, 0.29) is 0 Å². The lowest BCUT2D eigenvalue weighted by molar-refractivity contribution is -0.129. The molecule has 1 saturated heterocycles. The van der Waals surface area contributed by atoms with Gasteiger partial charge in [0.25, 0.3) is 0 Å². The maximum Gasteiger partial charge on any atom is 0.223 e. The number of nitrogens with zero attached hydrogens (tertiary/aromatic N) is 1. The Morgan fingerprint density at radius 3 is 2.38 bits per heavy atom. The van der Waals surface area contributed by atoms with Crippen molar-refractivity contribution in [3.05, 3.63) is 0 Å². The predicted molar refractivity (Wildman–Crippen MR) is 52.4 cm³/mol. The van der Waals surface area contributed by atoms with Crippen LogP contribution in [0.15, 0.2) is 0 Å². The fourth-order valence-electron chi connectivity index (χ4n) is 2.86. The molecule has 0 aromatic rings. The molecule has 2 fully saturated rings. The van der Waals surface area contributed by atoms with Crippen molar-refractivity contribution in [1.29, 1.82) is 0 Å². The third-order valence-electron chi connectivity index (χ3n) is 3.64. The minimum Gasteiger partial charge on any atom is -0.340 e. The smallest absolute Gasteiger partial charge is 0.223 e. The molecule has 2 aliphatic rings. The fraction of sp³-hybridized carbons (Fsp3) is 0.909. The minimum absolute atomic E-state index is 0.386. The molecular weight excluding hydrogens is 162 g/mol. The summed E-state index contributed by atoms with van der Waals surface area (Å²) in [6.45, 7) is 5.27. The first-order valence-electron chi connectivity index (χ1n) is 5.42. The van der Waals surface area contributed by atoms with Crippen molar-refractivity contribution < 1.29 is 4.79 Å². The molecule has 1 aliphatic carbocycles. The molecule has 0 atom stereocenters. The van der Waals surface area contributed by atoms with Crippen molar-refractivity contribution in [3.8, 4) is 0 Å². The van der Waals surface area contributed by atoms with E-state index in [0.29, 0.717) is 17.4 Å². The Morgan fingerprint density at radius 1 is 1.31 bits per heavy atom. The van der Waals surface area contributed by atoms with E-state index in [9.17, 15) is 4.79 Å². The topological polar surface area (TPSA) is 20.3 Å². The van der Waals surface area contributed by atoms with Gasteiger partial charge in [-0.05, 0) is 32.1 Å². The number of hydrogen-bond acceptors (Lipinski definition) is 1. The zero-order chi connectivity index (χ0) is 9.47. The van der Waals surface area contributed by atoms with Gasteiger partial charge in [-0.1, -0.05) is 12.8 Å². The molecule has 0 radical (unpaired) electrons. The molecule has 0 bridgehead atoms. The van der Waals surface area contributed by atoms with Gasteiger partial charge in [0, 0.05) is 19.0 Å².